The molecule has 120 heavy (non-hydrogen) atoms. The molecule has 2 saturated heterocycles. The number of amides is 4. The summed E-state index contributed by atoms with van der Waals surface area (Å²) < 4.78 is 10.6. The number of hydrogen-bond acceptors (Lipinski definition) is 17. The van der Waals surface area contributed by atoms with Gasteiger partial charge in [-0.25, -0.2) is 9.97 Å². The Morgan fingerprint density at radius 1 is 0.542 bits per heavy atom. The van der Waals surface area contributed by atoms with Crippen LogP contribution < -0.4 is 16.4 Å². The molecule has 0 bridgehead atoms. The van der Waals surface area contributed by atoms with Crippen molar-refractivity contribution in [1.82, 2.24) is 30.4 Å². The predicted molar refractivity (Wildman–Crippen MR) is 500 cm³/mol. The highest BCUT2D eigenvalue weighted by molar-refractivity contribution is 9.09. The van der Waals surface area contributed by atoms with E-state index < -0.39 is 102 Å². The Balaban J connectivity index is 0.000000284. The Morgan fingerprint density at radius 2 is 0.900 bits per heavy atom. The fraction of sp³-hybridized carbons (Fsp3) is 0.634. The number of thiazole rings is 2. The molecular weight excluding hydrogens is 1680 g/mol. The number of β-amino-alcohol motifs (C(OH)–C–C–N with tert-alkyl or cyclic N) is 2. The van der Waals surface area contributed by atoms with Gasteiger partial charge in [0.1, 0.15) is 61.4 Å². The third-order valence-electron chi connectivity index (χ3n) is 20.5. The first-order chi connectivity index (χ1) is 55.1. The van der Waals surface area contributed by atoms with Crippen molar-refractivity contribution in [2.45, 2.75) is 320 Å². The summed E-state index contributed by atoms with van der Waals surface area (Å²) in [5.74, 6) is 10.4. The minimum atomic E-state index is -1.53. The van der Waals surface area contributed by atoms with E-state index in [-0.39, 0.29) is 90.6 Å². The number of carbonyl (C=O) groups excluding carboxylic acids is 7. The molecule has 2 aliphatic heterocycles. The van der Waals surface area contributed by atoms with E-state index in [1.165, 1.54) is 9.80 Å². The lowest BCUT2D eigenvalue weighted by molar-refractivity contribution is -0.161. The molecule has 0 unspecified atom stereocenters. The maximum absolute atomic E-state index is 14.0. The lowest BCUT2D eigenvalue weighted by Crippen LogP contribution is -2.54. The molecule has 2 aromatic carbocycles. The quantitative estimate of drug-likeness (QED) is 0.0220. The van der Waals surface area contributed by atoms with E-state index in [4.69, 9.17) is 20.3 Å². The number of Topliss-reactive ketones (excluding diaryl/α,β-unsaturated/α-hetero) is 1. The van der Waals surface area contributed by atoms with Crippen LogP contribution in [0.4, 0.5) is 0 Å². The van der Waals surface area contributed by atoms with E-state index >= 15 is 0 Å². The van der Waals surface area contributed by atoms with Crippen LogP contribution in [0.5, 0.6) is 0 Å². The molecule has 0 radical (unpaired) electrons. The number of carbonyl (C=O) groups is 8. The molecule has 6 atom stereocenters. The molecule has 7 N–H and O–H groups in total. The molecule has 20 nitrogen and oxygen atoms in total. The van der Waals surface area contributed by atoms with Crippen LogP contribution in [0.3, 0.4) is 0 Å². The van der Waals surface area contributed by atoms with Gasteiger partial charge < -0.3 is 51.0 Å². The van der Waals surface area contributed by atoms with Crippen molar-refractivity contribution in [3.05, 3.63) is 82.1 Å². The Morgan fingerprint density at radius 3 is 1.20 bits per heavy atom. The first kappa shape index (κ1) is 104. The highest BCUT2D eigenvalue weighted by Gasteiger charge is 2.54. The fourth-order valence-electron chi connectivity index (χ4n) is 12.6. The first-order valence-electron chi connectivity index (χ1n) is 42.2. The third-order valence-corrected chi connectivity index (χ3v) is 26.4. The van der Waals surface area contributed by atoms with Gasteiger partial charge in [0.2, 0.25) is 23.6 Å². The van der Waals surface area contributed by atoms with Crippen molar-refractivity contribution < 1.29 is 63.1 Å². The zero-order valence-corrected chi connectivity index (χ0v) is 84.0. The van der Waals surface area contributed by atoms with Gasteiger partial charge in [0, 0.05) is 76.0 Å². The number of esters is 2. The number of aliphatic carboxylic acids is 1. The van der Waals surface area contributed by atoms with Gasteiger partial charge in [-0.1, -0.05) is 190 Å². The third kappa shape index (κ3) is 35.8. The molecule has 6 fully saturated rings. The Hall–Kier alpha value is -6.87. The average Bonchev–Trinajstić information content (AvgIpc) is 1.62. The second-order valence-corrected chi connectivity index (χ2v) is 62.6. The summed E-state index contributed by atoms with van der Waals surface area (Å²) in [6.45, 7) is 54.2. The smallest absolute Gasteiger partial charge is 0.313 e. The molecule has 6 aliphatic rings. The number of alkyl halides is 1. The van der Waals surface area contributed by atoms with Crippen molar-refractivity contribution in [3.63, 3.8) is 0 Å². The molecular formula is C93H140BrN7O13S2Si4. The number of hydrogen-bond donors (Lipinski definition) is 6. The number of ketones is 1. The van der Waals surface area contributed by atoms with Gasteiger partial charge in [0.25, 0.3) is 0 Å². The van der Waals surface area contributed by atoms with Crippen LogP contribution in [-0.2, 0) is 60.9 Å². The number of carboxylic acids is 1. The molecule has 4 saturated carbocycles. The zero-order valence-electron chi connectivity index (χ0n) is 76.7. The van der Waals surface area contributed by atoms with Crippen LogP contribution in [-0.4, -0.2) is 175 Å². The number of nitrogens with two attached hydrogens (primary N) is 1. The average molecular weight is 1820 g/mol. The first-order valence-corrected chi connectivity index (χ1v) is 59.1. The largest absolute Gasteiger partial charge is 0.481 e. The van der Waals surface area contributed by atoms with Crippen molar-refractivity contribution in [1.29, 1.82) is 0 Å². The zero-order chi connectivity index (χ0) is 90.8. The number of benzene rings is 2. The van der Waals surface area contributed by atoms with Gasteiger partial charge in [-0.3, -0.25) is 38.4 Å². The van der Waals surface area contributed by atoms with E-state index in [1.807, 2.05) is 156 Å². The molecule has 660 valence electrons. The number of rotatable bonds is 19. The Kier molecular flexibility index (Phi) is 37.3. The number of nitrogens with one attached hydrogen (secondary N) is 2. The van der Waals surface area contributed by atoms with E-state index in [0.29, 0.717) is 32.4 Å². The maximum Gasteiger partial charge on any atom is 0.313 e. The van der Waals surface area contributed by atoms with Crippen LogP contribution in [0.15, 0.2) is 59.6 Å². The summed E-state index contributed by atoms with van der Waals surface area (Å²) in [7, 11) is -5.24. The number of aliphatic hydroxyl groups excluding tert-OH is 2. The van der Waals surface area contributed by atoms with Crippen molar-refractivity contribution in [2.24, 2.45) is 44.6 Å². The fourth-order valence-corrected chi connectivity index (χ4v) is 17.1. The minimum absolute atomic E-state index is 0.0208. The van der Waals surface area contributed by atoms with E-state index in [0.717, 1.165) is 100 Å². The van der Waals surface area contributed by atoms with Crippen LogP contribution in [0.25, 0.3) is 20.9 Å². The van der Waals surface area contributed by atoms with E-state index in [1.54, 1.807) is 22.7 Å². The van der Waals surface area contributed by atoms with Gasteiger partial charge in [0.05, 0.1) is 72.5 Å². The summed E-state index contributed by atoms with van der Waals surface area (Å²) in [6, 6.07) is 13.7. The van der Waals surface area contributed by atoms with E-state index in [9.17, 15) is 48.6 Å². The summed E-state index contributed by atoms with van der Waals surface area (Å²) in [4.78, 5) is 114. The highest BCUT2D eigenvalue weighted by Crippen LogP contribution is 2.53. The number of nitrogens with zero attached hydrogens (tertiary/aromatic N) is 4. The maximum atomic E-state index is 14.0. The van der Waals surface area contributed by atoms with Gasteiger partial charge >= 0.3 is 17.9 Å². The van der Waals surface area contributed by atoms with Crippen molar-refractivity contribution in [2.75, 3.05) is 18.4 Å². The predicted octanol–water partition coefficient (Wildman–Crippen LogP) is 16.9. The molecule has 27 heteroatoms. The molecule has 4 aliphatic carbocycles. The Bertz CT molecular complexity index is 4450. The number of ether oxygens (including phenoxy) is 2. The van der Waals surface area contributed by atoms with Gasteiger partial charge in [-0.2, -0.15) is 0 Å². The summed E-state index contributed by atoms with van der Waals surface area (Å²) in [6.07, 6.45) is 7.96. The minimum Gasteiger partial charge on any atom is -0.481 e. The van der Waals surface area contributed by atoms with Gasteiger partial charge in [0.15, 0.2) is 0 Å². The van der Waals surface area contributed by atoms with E-state index in [2.05, 4.69) is 161 Å². The van der Waals surface area contributed by atoms with Crippen LogP contribution in [0.1, 0.15) is 195 Å². The summed E-state index contributed by atoms with van der Waals surface area (Å²) in [5, 5.41) is 36.1. The number of aliphatic hydroxyl groups is 2. The van der Waals surface area contributed by atoms with Crippen LogP contribution in [0, 0.1) is 98.6 Å². The molecule has 4 amide bonds. The monoisotopic (exact) mass is 1820 g/mol. The normalized spacial score (nSPS) is 19.0. The number of carboxylic acid groups (broad SMARTS) is 1. The van der Waals surface area contributed by atoms with Crippen LogP contribution in [0.2, 0.25) is 78.6 Å². The topological polar surface area (TPSA) is 298 Å². The molecule has 2 aromatic heterocycles. The number of aromatic nitrogens is 2. The highest BCUT2D eigenvalue weighted by atomic mass is 79.9. The second kappa shape index (κ2) is 43.2. The van der Waals surface area contributed by atoms with Gasteiger partial charge in [-0.15, -0.1) is 62.6 Å². The van der Waals surface area contributed by atoms with Crippen molar-refractivity contribution >= 4 is 118 Å². The van der Waals surface area contributed by atoms with Gasteiger partial charge in [-0.05, 0) is 140 Å². The SMILES string of the molecule is CC(C)(C)OC(=O)C1(CC#C[Si](C)(C)C)CC1.CC(C)(C)OC(=O)C1CC1.C[Si](C)(C)C#CCBr.C[Si](C)(C)C#CCC1(C(=O)O)CC1.Cc1ncsc1-c1ccc(CNC(=O)[C@@H]2C[C@@H](O)CN2C(=O)[C@@H](CC(=O)C2(CC#C[Si](C)(C)C)CC2)C(C)(C)C)cc1.Cc1ncsc1-c1ccc(CNC(=O)[C@@H]2C[C@@H](O)CN2C(=O)[C@@H](N)C(C)(C)C)cc1. The van der Waals surface area contributed by atoms with Crippen LogP contribution >= 0.6 is 38.6 Å². The number of halogens is 1. The second-order valence-electron chi connectivity index (χ2n) is 41.4. The summed E-state index contributed by atoms with van der Waals surface area (Å²) in [5.41, 5.74) is 26.1. The molecule has 4 heterocycles. The lowest BCUT2D eigenvalue weighted by Gasteiger charge is -2.35. The molecule has 10 rings (SSSR count). The molecule has 4 aromatic rings. The standard InChI is InChI=1S/C33H45N3O4SSi.C22H30N4O3S.C14H24O2Si.C10H16O2Si.C8H14O2.C6H11BrSi/c1-22-29(41-21-35-22)24-11-9-23(10-12-24)19-34-30(39)27-17-25(37)20-36(27)31(40)26(32(2,3)4)18-28(38)33(14-15-33)13-8-16-42(5,6)7;1-13-18(30-12-25-13)15-7-5-14(6-8-15)10-24-20(28)17-9-16(27)11-26(17)21(29)19(23)22(2,3)4;1-13(2,3)16-12(15)14(9-10-14)8-7-11-17(4,5)6;1-13(2,3)8-4-5-10(6-7-10)9(11)12;1-8(2,3)10-7(9)6-4-5-6;1-8(2,3)6-4-5-7/h9-12,21,25-27,37H,13-15,17-20H2,1-7H3,(H,34,39);5-8,12,16-17,19,27H,9-11,23H2,1-4H3,(H,24,28);8-10H2,1-6H3;5-7H2,1-3H3,(H,11,12);6H,4-5H2,1-3H3;5H2,1-3H3/t25-,26-,27+;16-,17+,19-;;;;/m11..../s1. The summed E-state index contributed by atoms with van der Waals surface area (Å²) >= 11 is 6.44. The van der Waals surface area contributed by atoms with Crippen molar-refractivity contribution in [3.8, 4) is 66.7 Å². The number of likely N-dealkylation sites (tertiary alicyclic amines) is 2. The molecule has 0 spiro atoms. The lowest BCUT2D eigenvalue weighted by atomic mass is 9.74. The Labute approximate surface area is 738 Å². The number of aryl methyl sites for hydroxylation is 2.